The first-order chi connectivity index (χ1) is 7.11. The number of aliphatic hydroxyl groups is 3. The van der Waals surface area contributed by atoms with Crippen molar-refractivity contribution in [2.75, 3.05) is 13.7 Å². The largest absolute Gasteiger partial charge is 0.388 e. The number of rotatable bonds is 3. The topological polar surface area (TPSA) is 129 Å². The van der Waals surface area contributed by atoms with Gasteiger partial charge in [0, 0.05) is 7.11 Å². The molecule has 0 aromatic heterocycles. The molecule has 4 N–H and O–H groups in total. The molecule has 0 spiro atoms. The Hall–Kier alpha value is -0.890. The summed E-state index contributed by atoms with van der Waals surface area (Å²) in [6.45, 7) is -0.0751. The molecular weight excluding hydrogens is 206 g/mol. The lowest BCUT2D eigenvalue weighted by Gasteiger charge is -2.38. The molecule has 1 saturated heterocycles. The first kappa shape index (κ1) is 12.2. The number of hydrogen-bond donors (Lipinski definition) is 4. The van der Waals surface area contributed by atoms with Gasteiger partial charge in [0.15, 0.2) is 12.8 Å². The highest BCUT2D eigenvalue weighted by Crippen LogP contribution is 2.21. The molecule has 8 nitrogen and oxygen atoms in total. The minimum absolute atomic E-state index is 0.0751. The molecule has 0 bridgehead atoms. The molecule has 0 amide bonds. The first-order valence-corrected chi connectivity index (χ1v) is 4.37. The molecule has 1 rings (SSSR count). The first-order valence-electron chi connectivity index (χ1n) is 4.37. The summed E-state index contributed by atoms with van der Waals surface area (Å²) in [5, 5.41) is 31.7. The zero-order chi connectivity index (χ0) is 11.4. The Kier molecular flexibility index (Phi) is 4.28. The van der Waals surface area contributed by atoms with Gasteiger partial charge in [-0.2, -0.15) is 0 Å². The Balaban J connectivity index is 2.69. The second kappa shape index (κ2) is 5.26. The molecule has 5 atom stereocenters. The summed E-state index contributed by atoms with van der Waals surface area (Å²) >= 11 is 0. The highest BCUT2D eigenvalue weighted by molar-refractivity contribution is 4.89. The monoisotopic (exact) mass is 220 g/mol. The fourth-order valence-electron chi connectivity index (χ4n) is 1.38. The fraction of sp³-hybridized carbons (Fsp3) is 1.00. The average Bonchev–Trinajstić information content (AvgIpc) is 2.25. The van der Waals surface area contributed by atoms with Crippen molar-refractivity contribution in [2.24, 2.45) is 5.11 Å². The summed E-state index contributed by atoms with van der Waals surface area (Å²) in [4.78, 5) is 2.76. The van der Waals surface area contributed by atoms with E-state index >= 15 is 0 Å². The van der Waals surface area contributed by atoms with Crippen molar-refractivity contribution in [1.29, 1.82) is 5.53 Å². The van der Waals surface area contributed by atoms with Crippen molar-refractivity contribution < 1.29 is 24.8 Å². The van der Waals surface area contributed by atoms with E-state index in [1.54, 1.807) is 0 Å². The maximum Gasteiger partial charge on any atom is 0.214 e. The van der Waals surface area contributed by atoms with E-state index in [0.717, 1.165) is 0 Å². The van der Waals surface area contributed by atoms with Crippen molar-refractivity contribution in [2.45, 2.75) is 30.7 Å². The highest BCUT2D eigenvalue weighted by atomic mass is 16.7. The number of aliphatic hydroxyl groups excluding tert-OH is 3. The van der Waals surface area contributed by atoms with Gasteiger partial charge in [-0.25, -0.2) is 0 Å². The SMILES string of the molecule is CO[C@H]1O[C@H](CN=[N+]=N)[C@@H](O)[C@H](O)[C@H]1O. The van der Waals surface area contributed by atoms with Crippen molar-refractivity contribution in [3.8, 4) is 0 Å². The molecule has 1 fully saturated rings. The van der Waals surface area contributed by atoms with E-state index in [1.807, 2.05) is 0 Å². The lowest BCUT2D eigenvalue weighted by Crippen LogP contribution is -2.58. The van der Waals surface area contributed by atoms with Crippen LogP contribution in [0.25, 0.3) is 0 Å². The van der Waals surface area contributed by atoms with Crippen LogP contribution in [0.4, 0.5) is 0 Å². The Morgan fingerprint density at radius 3 is 2.53 bits per heavy atom. The van der Waals surface area contributed by atoms with Crippen LogP contribution >= 0.6 is 0 Å². The van der Waals surface area contributed by atoms with Crippen LogP contribution in [0.3, 0.4) is 0 Å². The van der Waals surface area contributed by atoms with E-state index < -0.39 is 30.7 Å². The van der Waals surface area contributed by atoms with Gasteiger partial charge in [0.1, 0.15) is 35.1 Å². The van der Waals surface area contributed by atoms with E-state index in [2.05, 4.69) is 10.0 Å². The minimum Gasteiger partial charge on any atom is -0.388 e. The maximum absolute atomic E-state index is 9.49. The normalized spacial score (nSPS) is 40.9. The van der Waals surface area contributed by atoms with Crippen LogP contribution in [0.15, 0.2) is 5.11 Å². The lowest BCUT2D eigenvalue weighted by molar-refractivity contribution is -0.287. The summed E-state index contributed by atoms with van der Waals surface area (Å²) in [7, 11) is 1.31. The Morgan fingerprint density at radius 1 is 1.33 bits per heavy atom. The van der Waals surface area contributed by atoms with Crippen LogP contribution in [-0.4, -0.2) is 59.7 Å². The molecule has 1 aliphatic rings. The van der Waals surface area contributed by atoms with Gasteiger partial charge < -0.3 is 24.8 Å². The van der Waals surface area contributed by atoms with Crippen molar-refractivity contribution in [3.05, 3.63) is 0 Å². The summed E-state index contributed by atoms with van der Waals surface area (Å²) in [6, 6.07) is 0. The molecule has 0 aromatic rings. The molecular formula is C7H14N3O5+. The number of nitrogens with zero attached hydrogens (tertiary/aromatic N) is 2. The predicted molar refractivity (Wildman–Crippen MR) is 45.8 cm³/mol. The summed E-state index contributed by atoms with van der Waals surface area (Å²) in [5.74, 6) is 0. The molecule has 1 heterocycles. The Morgan fingerprint density at radius 2 is 2.00 bits per heavy atom. The van der Waals surface area contributed by atoms with Gasteiger partial charge in [0.25, 0.3) is 0 Å². The molecule has 0 unspecified atom stereocenters. The van der Waals surface area contributed by atoms with Crippen LogP contribution in [-0.2, 0) is 9.47 Å². The molecule has 1 aliphatic heterocycles. The third-order valence-corrected chi connectivity index (χ3v) is 2.23. The predicted octanol–water partition coefficient (Wildman–Crippen LogP) is -2.01. The lowest BCUT2D eigenvalue weighted by atomic mass is 9.99. The smallest absolute Gasteiger partial charge is 0.214 e. The maximum atomic E-state index is 9.49. The summed E-state index contributed by atoms with van der Waals surface area (Å²) in [5.41, 5.74) is 6.45. The van der Waals surface area contributed by atoms with E-state index in [0.29, 0.717) is 0 Å². The zero-order valence-electron chi connectivity index (χ0n) is 8.15. The van der Waals surface area contributed by atoms with Gasteiger partial charge >= 0.3 is 0 Å². The second-order valence-electron chi connectivity index (χ2n) is 3.17. The number of hydrogen-bond acceptors (Lipinski definition) is 7. The Labute approximate surface area is 85.7 Å². The number of methoxy groups -OCH3 is 1. The fourth-order valence-corrected chi connectivity index (χ4v) is 1.38. The molecule has 0 aromatic carbocycles. The molecule has 8 heteroatoms. The van der Waals surface area contributed by atoms with Crippen LogP contribution in [0.1, 0.15) is 0 Å². The molecule has 0 aliphatic carbocycles. The number of nitrogens with one attached hydrogen (secondary N) is 1. The quantitative estimate of drug-likeness (QED) is 0.322. The standard InChI is InChI=1S/C7H14N3O5/c1-14-7-6(13)5(12)4(11)3(15-7)2-9-10-8/h3-8,11-13H,2H2,1H3/q+1/t3-,4-,5+,6-,7+/m1/s1. The zero-order valence-corrected chi connectivity index (χ0v) is 8.15. The third-order valence-electron chi connectivity index (χ3n) is 2.23. The van der Waals surface area contributed by atoms with Gasteiger partial charge in [-0.15, -0.1) is 0 Å². The molecule has 0 radical (unpaired) electrons. The van der Waals surface area contributed by atoms with Gasteiger partial charge in [0.05, 0.1) is 0 Å². The molecule has 0 saturated carbocycles. The van der Waals surface area contributed by atoms with Crippen LogP contribution in [0.5, 0.6) is 0 Å². The van der Waals surface area contributed by atoms with Crippen molar-refractivity contribution >= 4 is 0 Å². The second-order valence-corrected chi connectivity index (χ2v) is 3.17. The third kappa shape index (κ3) is 2.57. The Bertz CT molecular complexity index is 255. The van der Waals surface area contributed by atoms with E-state index in [4.69, 9.17) is 15.0 Å². The molecule has 86 valence electrons. The molecule has 15 heavy (non-hydrogen) atoms. The van der Waals surface area contributed by atoms with Crippen molar-refractivity contribution in [3.63, 3.8) is 0 Å². The average molecular weight is 220 g/mol. The minimum atomic E-state index is -1.37. The van der Waals surface area contributed by atoms with Crippen LogP contribution in [0, 0.1) is 5.53 Å². The van der Waals surface area contributed by atoms with E-state index in [1.165, 1.54) is 7.11 Å². The van der Waals surface area contributed by atoms with Crippen molar-refractivity contribution in [1.82, 2.24) is 4.91 Å². The van der Waals surface area contributed by atoms with Gasteiger partial charge in [-0.1, -0.05) is 0 Å². The summed E-state index contributed by atoms with van der Waals surface area (Å²) < 4.78 is 9.88. The van der Waals surface area contributed by atoms with Crippen LogP contribution in [0.2, 0.25) is 0 Å². The summed E-state index contributed by atoms with van der Waals surface area (Å²) in [6.07, 6.45) is -5.82. The van der Waals surface area contributed by atoms with E-state index in [9.17, 15) is 15.3 Å². The van der Waals surface area contributed by atoms with Gasteiger partial charge in [0.2, 0.25) is 4.91 Å². The van der Waals surface area contributed by atoms with E-state index in [-0.39, 0.29) is 6.54 Å². The van der Waals surface area contributed by atoms with Gasteiger partial charge in [-0.05, 0) is 0 Å². The number of ether oxygens (including phenoxy) is 2. The van der Waals surface area contributed by atoms with Gasteiger partial charge in [-0.3, -0.25) is 0 Å². The highest BCUT2D eigenvalue weighted by Gasteiger charge is 2.44. The van der Waals surface area contributed by atoms with Crippen LogP contribution < -0.4 is 4.91 Å².